The minimum Gasteiger partial charge on any atom is -0.465 e. The molecule has 3 nitrogen and oxygen atoms in total. The Bertz CT molecular complexity index is 477. The van der Waals surface area contributed by atoms with E-state index < -0.39 is 0 Å². The van der Waals surface area contributed by atoms with Gasteiger partial charge in [0.15, 0.2) is 0 Å². The first-order chi connectivity index (χ1) is 12.3. The first-order valence-electron chi connectivity index (χ1n) is 9.87. The number of carbonyl (C=O) groups is 1. The summed E-state index contributed by atoms with van der Waals surface area (Å²) in [6.07, 6.45) is 3.61. The van der Waals surface area contributed by atoms with Gasteiger partial charge in [0.25, 0.3) is 0 Å². The lowest BCUT2D eigenvalue weighted by molar-refractivity contribution is -0.153. The molecule has 0 fully saturated rings. The number of benzene rings is 1. The van der Waals surface area contributed by atoms with Gasteiger partial charge in [-0.3, -0.25) is 4.79 Å². The molecule has 1 rings (SSSR count). The van der Waals surface area contributed by atoms with Crippen LogP contribution in [0.2, 0.25) is 0 Å². The zero-order valence-electron chi connectivity index (χ0n) is 17.8. The molecule has 0 bridgehead atoms. The topological polar surface area (TPSA) is 35.5 Å². The summed E-state index contributed by atoms with van der Waals surface area (Å²) < 4.78 is 11.0. The highest BCUT2D eigenvalue weighted by Gasteiger charge is 2.31. The minimum absolute atomic E-state index is 0.0177. The predicted octanol–water partition coefficient (Wildman–Crippen LogP) is 6.83. The smallest absolute Gasteiger partial charge is 0.309 e. The number of esters is 1. The molecular formula is C22H38O3S. The number of carbonyl (C=O) groups excluding carboxylic acids is 1. The summed E-state index contributed by atoms with van der Waals surface area (Å²) in [7, 11) is 0. The highest BCUT2D eigenvalue weighted by Crippen LogP contribution is 2.30. The lowest BCUT2D eigenvalue weighted by atomic mass is 9.78. The first-order valence-corrected chi connectivity index (χ1v) is 10.6. The highest BCUT2D eigenvalue weighted by molar-refractivity contribution is 7.94. The minimum atomic E-state index is -0.0562. The number of hydrogen-bond acceptors (Lipinski definition) is 4. The third-order valence-electron chi connectivity index (χ3n) is 3.95. The maximum absolute atomic E-state index is 12.2. The largest absolute Gasteiger partial charge is 0.465 e. The number of aryl methyl sites for hydroxylation is 1. The average Bonchev–Trinajstić information content (AvgIpc) is 2.61. The van der Waals surface area contributed by atoms with Crippen molar-refractivity contribution >= 4 is 18.0 Å². The molecule has 4 heteroatoms. The molecule has 0 spiro atoms. The van der Waals surface area contributed by atoms with Gasteiger partial charge in [0.2, 0.25) is 0 Å². The summed E-state index contributed by atoms with van der Waals surface area (Å²) in [5.41, 5.74) is 1.21. The summed E-state index contributed by atoms with van der Waals surface area (Å²) in [4.78, 5) is 13.3. The van der Waals surface area contributed by atoms with E-state index in [9.17, 15) is 4.79 Å². The van der Waals surface area contributed by atoms with Crippen molar-refractivity contribution in [2.45, 2.75) is 79.0 Å². The van der Waals surface area contributed by atoms with E-state index in [0.717, 1.165) is 30.6 Å². The van der Waals surface area contributed by atoms with E-state index in [4.69, 9.17) is 8.92 Å². The van der Waals surface area contributed by atoms with Crippen molar-refractivity contribution in [1.29, 1.82) is 0 Å². The molecule has 26 heavy (non-hydrogen) atoms. The van der Waals surface area contributed by atoms with E-state index in [1.165, 1.54) is 17.6 Å². The summed E-state index contributed by atoms with van der Waals surface area (Å²) in [5.74, 6) is -0.0739. The Morgan fingerprint density at radius 3 is 2.19 bits per heavy atom. The monoisotopic (exact) mass is 382 g/mol. The average molecular weight is 383 g/mol. The fourth-order valence-electron chi connectivity index (χ4n) is 2.43. The molecule has 0 amide bonds. The van der Waals surface area contributed by atoms with Crippen LogP contribution in [-0.2, 0) is 13.7 Å². The fraction of sp³-hybridized carbons (Fsp3) is 0.682. The summed E-state index contributed by atoms with van der Waals surface area (Å²) in [6, 6.07) is 8.27. The Morgan fingerprint density at radius 1 is 1.08 bits per heavy atom. The molecule has 150 valence electrons. The van der Waals surface area contributed by atoms with Crippen LogP contribution in [0, 0.1) is 18.3 Å². The number of rotatable bonds is 10. The van der Waals surface area contributed by atoms with Gasteiger partial charge in [0.05, 0.1) is 19.1 Å². The second-order valence-electron chi connectivity index (χ2n) is 7.30. The third kappa shape index (κ3) is 10.9. The van der Waals surface area contributed by atoms with Crippen molar-refractivity contribution in [2.75, 3.05) is 13.2 Å². The zero-order valence-corrected chi connectivity index (χ0v) is 18.6. The second-order valence-corrected chi connectivity index (χ2v) is 8.17. The van der Waals surface area contributed by atoms with Crippen LogP contribution in [0.4, 0.5) is 0 Å². The van der Waals surface area contributed by atoms with Crippen LogP contribution < -0.4 is 0 Å². The zero-order chi connectivity index (χ0) is 20.0. The van der Waals surface area contributed by atoms with Crippen molar-refractivity contribution in [3.8, 4) is 0 Å². The SMILES string of the molecule is CC.CCCC(C(=O)OCCCCOSc1ccc(C)cc1)C(C)(C)C. The van der Waals surface area contributed by atoms with Gasteiger partial charge in [0, 0.05) is 16.9 Å². The van der Waals surface area contributed by atoms with Gasteiger partial charge >= 0.3 is 5.97 Å². The summed E-state index contributed by atoms with van der Waals surface area (Å²) in [5, 5.41) is 0. The molecule has 0 aliphatic carbocycles. The number of hydrogen-bond donors (Lipinski definition) is 0. The summed E-state index contributed by atoms with van der Waals surface area (Å²) in [6.45, 7) is 15.6. The Kier molecular flexibility index (Phi) is 13.6. The molecule has 0 aromatic heterocycles. The van der Waals surface area contributed by atoms with Gasteiger partial charge in [-0.15, -0.1) is 0 Å². The Labute approximate surface area is 165 Å². The quantitative estimate of drug-likeness (QED) is 0.252. The maximum atomic E-state index is 12.2. The van der Waals surface area contributed by atoms with Crippen LogP contribution in [0.1, 0.15) is 72.8 Å². The van der Waals surface area contributed by atoms with E-state index in [2.05, 4.69) is 58.9 Å². The van der Waals surface area contributed by atoms with E-state index in [-0.39, 0.29) is 17.3 Å². The number of unbranched alkanes of at least 4 members (excludes halogenated alkanes) is 1. The second kappa shape index (κ2) is 14.1. The van der Waals surface area contributed by atoms with Crippen LogP contribution in [0.3, 0.4) is 0 Å². The Hall–Kier alpha value is -1.00. The maximum Gasteiger partial charge on any atom is 0.309 e. The molecule has 0 aliphatic heterocycles. The molecule has 0 saturated carbocycles. The van der Waals surface area contributed by atoms with Crippen LogP contribution in [0.25, 0.3) is 0 Å². The highest BCUT2D eigenvalue weighted by atomic mass is 32.2. The van der Waals surface area contributed by atoms with Crippen molar-refractivity contribution in [3.63, 3.8) is 0 Å². The lowest BCUT2D eigenvalue weighted by Crippen LogP contribution is -2.30. The van der Waals surface area contributed by atoms with E-state index in [0.29, 0.717) is 13.2 Å². The summed E-state index contributed by atoms with van der Waals surface area (Å²) >= 11 is 1.40. The lowest BCUT2D eigenvalue weighted by Gasteiger charge is -2.28. The van der Waals surface area contributed by atoms with Crippen LogP contribution >= 0.6 is 12.0 Å². The van der Waals surface area contributed by atoms with Gasteiger partial charge in [-0.25, -0.2) is 0 Å². The molecule has 1 unspecified atom stereocenters. The molecule has 1 aromatic rings. The molecular weight excluding hydrogens is 344 g/mol. The molecule has 0 N–H and O–H groups in total. The van der Waals surface area contributed by atoms with Gasteiger partial charge in [0.1, 0.15) is 0 Å². The number of ether oxygens (including phenoxy) is 1. The van der Waals surface area contributed by atoms with Crippen LogP contribution in [0.15, 0.2) is 29.2 Å². The molecule has 1 atom stereocenters. The van der Waals surface area contributed by atoms with Crippen molar-refractivity contribution < 1.29 is 13.7 Å². The van der Waals surface area contributed by atoms with Crippen molar-refractivity contribution in [3.05, 3.63) is 29.8 Å². The van der Waals surface area contributed by atoms with E-state index in [1.807, 2.05) is 13.8 Å². The Morgan fingerprint density at radius 2 is 1.65 bits per heavy atom. The fourth-order valence-corrected chi connectivity index (χ4v) is 3.02. The molecule has 0 radical (unpaired) electrons. The molecule has 0 saturated heterocycles. The van der Waals surface area contributed by atoms with Gasteiger partial charge < -0.3 is 8.92 Å². The third-order valence-corrected chi connectivity index (χ3v) is 4.70. The van der Waals surface area contributed by atoms with Crippen molar-refractivity contribution in [2.24, 2.45) is 11.3 Å². The molecule has 0 heterocycles. The van der Waals surface area contributed by atoms with Crippen LogP contribution in [-0.4, -0.2) is 19.2 Å². The van der Waals surface area contributed by atoms with Gasteiger partial charge in [-0.05, 0) is 43.7 Å². The van der Waals surface area contributed by atoms with Gasteiger partial charge in [-0.2, -0.15) is 0 Å². The Balaban J connectivity index is 0.00000301. The predicted molar refractivity (Wildman–Crippen MR) is 112 cm³/mol. The molecule has 0 aliphatic rings. The van der Waals surface area contributed by atoms with Crippen LogP contribution in [0.5, 0.6) is 0 Å². The standard InChI is InChI=1S/C20H32O3S.C2H6/c1-6-9-18(20(3,4)5)19(21)22-14-7-8-15-23-24-17-12-10-16(2)11-13-17;1-2/h10-13,18H,6-9,14-15H2,1-5H3;1-2H3. The normalized spacial score (nSPS) is 12.1. The van der Waals surface area contributed by atoms with Crippen molar-refractivity contribution in [1.82, 2.24) is 0 Å². The van der Waals surface area contributed by atoms with Gasteiger partial charge in [-0.1, -0.05) is 65.7 Å². The van der Waals surface area contributed by atoms with E-state index >= 15 is 0 Å². The molecule has 1 aromatic carbocycles. The first kappa shape index (κ1) is 25.0. The van der Waals surface area contributed by atoms with E-state index in [1.54, 1.807) is 0 Å².